The van der Waals surface area contributed by atoms with Crippen molar-refractivity contribution < 1.29 is 8.83 Å². The Bertz CT molecular complexity index is 6100. The topological polar surface area (TPSA) is 32.8 Å². The first kappa shape index (κ1) is 58.1. The number of rotatable bonds is 12. The highest BCUT2D eigenvalue weighted by molar-refractivity contribution is 7.19. The number of hydrogen-bond donors (Lipinski definition) is 0. The van der Waals surface area contributed by atoms with Gasteiger partial charge in [-0.25, -0.2) is 0 Å². The summed E-state index contributed by atoms with van der Waals surface area (Å²) in [5.41, 5.74) is 19.7. The molecule has 0 N–H and O–H groups in total. The van der Waals surface area contributed by atoms with Crippen LogP contribution in [0.3, 0.4) is 0 Å². The van der Waals surface area contributed by atoms with Gasteiger partial charge in [-0.1, -0.05) is 323 Å². The number of nitrogens with zero attached hydrogens (tertiary/aromatic N) is 2. The lowest BCUT2D eigenvalue weighted by Gasteiger charge is -2.34. The van der Waals surface area contributed by atoms with Crippen LogP contribution in [0, 0.1) is 6.92 Å². The summed E-state index contributed by atoms with van der Waals surface area (Å²) < 4.78 is 14.8. The first-order valence-electron chi connectivity index (χ1n) is 34.3. The second-order valence-electron chi connectivity index (χ2n) is 27.1. The van der Waals surface area contributed by atoms with E-state index in [1.807, 2.05) is 0 Å². The van der Waals surface area contributed by atoms with Crippen LogP contribution < -0.4 is 30.5 Å². The average Bonchev–Trinajstić information content (AvgIpc) is 1.58. The molecule has 19 rings (SSSR count). The zero-order valence-electron chi connectivity index (χ0n) is 55.1. The minimum atomic E-state index is -2.76. The Morgan fingerprint density at radius 2 is 0.667 bits per heavy atom. The number of benzene rings is 16. The van der Waals surface area contributed by atoms with E-state index in [4.69, 9.17) is 8.83 Å². The minimum Gasteiger partial charge on any atom is -0.453 e. The van der Waals surface area contributed by atoms with Crippen LogP contribution >= 0.6 is 0 Å². The average molecular weight is 1280 g/mol. The molecule has 4 nitrogen and oxygen atoms in total. The molecule has 0 bridgehead atoms. The fourth-order valence-corrected chi connectivity index (χ4v) is 21.3. The van der Waals surface area contributed by atoms with E-state index in [0.717, 1.165) is 122 Å². The molecule has 18 aromatic rings. The summed E-state index contributed by atoms with van der Waals surface area (Å²) >= 11 is 0. The highest BCUT2D eigenvalue weighted by Crippen LogP contribution is 2.58. The van der Waals surface area contributed by atoms with Gasteiger partial charge < -0.3 is 18.6 Å². The summed E-state index contributed by atoms with van der Waals surface area (Å²) in [7, 11) is -2.76. The molecule has 0 spiro atoms. The lowest BCUT2D eigenvalue weighted by molar-refractivity contribution is 0.660. The Balaban J connectivity index is 0.774. The third-order valence-corrected chi connectivity index (χ3v) is 26.1. The zero-order valence-corrected chi connectivity index (χ0v) is 56.1. The van der Waals surface area contributed by atoms with Crippen LogP contribution in [-0.2, 0) is 5.41 Å². The molecule has 2 aromatic heterocycles. The highest BCUT2D eigenvalue weighted by atomic mass is 28.3. The molecule has 0 amide bonds. The van der Waals surface area contributed by atoms with E-state index in [0.29, 0.717) is 0 Å². The standard InChI is InChI=1S/C94H66N2O2Si/c1-61-49-51-64(52-50-61)73-39-21-42-78-80-44-24-48-87(93(80)98-90(73)78)96(85-46-20-28-63-26-14-16-36-72(63)85)88-60-83-89(76-38-18-17-37-75(76)88)81-58-55-66(59-82(81)94(83,2)3)95(84-45-19-27-62-25-13-15-35-71(62)84)86-47-23-43-79-77-41-22-40-74(91(77)97-92(79)86)65-53-56-70(57-54-65)99(67-29-7-4-8-30-67,68-31-9-5-10-32-68)69-33-11-6-12-34-69/h4-60H,1-3H3. The maximum Gasteiger partial charge on any atom is 0.179 e. The Labute approximate surface area is 576 Å². The summed E-state index contributed by atoms with van der Waals surface area (Å²) in [6.45, 7) is 6.97. The van der Waals surface area contributed by atoms with Crippen molar-refractivity contribution in [1.82, 2.24) is 0 Å². The molecule has 0 fully saturated rings. The minimum absolute atomic E-state index is 0.468. The molecule has 468 valence electrons. The maximum absolute atomic E-state index is 7.51. The Morgan fingerprint density at radius 1 is 0.273 bits per heavy atom. The van der Waals surface area contributed by atoms with Gasteiger partial charge in [0.25, 0.3) is 0 Å². The zero-order chi connectivity index (χ0) is 65.9. The number of hydrogen-bond acceptors (Lipinski definition) is 4. The number of aryl methyl sites for hydroxylation is 1. The summed E-state index contributed by atoms with van der Waals surface area (Å²) in [4.78, 5) is 4.93. The van der Waals surface area contributed by atoms with Crippen molar-refractivity contribution in [2.75, 3.05) is 9.80 Å². The smallest absolute Gasteiger partial charge is 0.179 e. The number of anilines is 6. The van der Waals surface area contributed by atoms with E-state index in [9.17, 15) is 0 Å². The Kier molecular flexibility index (Phi) is 13.5. The molecule has 0 radical (unpaired) electrons. The van der Waals surface area contributed by atoms with E-state index in [-0.39, 0.29) is 0 Å². The molecular formula is C94H66N2O2Si. The predicted octanol–water partition coefficient (Wildman–Crippen LogP) is 23.2. The summed E-state index contributed by atoms with van der Waals surface area (Å²) in [6.07, 6.45) is 0. The molecule has 5 heteroatoms. The van der Waals surface area contributed by atoms with Crippen molar-refractivity contribution in [2.45, 2.75) is 26.2 Å². The SMILES string of the molecule is Cc1ccc(-c2cccc3c2oc2c(N(c4cccc5ccccc45)c4cc5c(c6ccccc46)-c4ccc(N(c6cccc7ccccc67)c6cccc7c6oc6c(-c8ccc([Si](c9ccccc9)(c9ccccc9)c9ccccc9)cc8)cccc67)cc4C5(C)C)cccc23)cc1. The molecule has 2 heterocycles. The lowest BCUT2D eigenvalue weighted by atomic mass is 9.81. The summed E-state index contributed by atoms with van der Waals surface area (Å²) in [5, 5.41) is 16.6. The fraction of sp³-hybridized carbons (Fsp3) is 0.0426. The molecular weight excluding hydrogens is 1220 g/mol. The largest absolute Gasteiger partial charge is 0.453 e. The van der Waals surface area contributed by atoms with E-state index < -0.39 is 13.5 Å². The quantitative estimate of drug-likeness (QED) is 0.0901. The Hall–Kier alpha value is -12.3. The van der Waals surface area contributed by atoms with E-state index in [1.54, 1.807) is 0 Å². The van der Waals surface area contributed by atoms with Gasteiger partial charge in [0, 0.05) is 59.9 Å². The van der Waals surface area contributed by atoms with Gasteiger partial charge in [-0.2, -0.15) is 0 Å². The molecule has 99 heavy (non-hydrogen) atoms. The van der Waals surface area contributed by atoms with Crippen molar-refractivity contribution in [3.8, 4) is 33.4 Å². The van der Waals surface area contributed by atoms with Crippen molar-refractivity contribution in [1.29, 1.82) is 0 Å². The molecule has 16 aromatic carbocycles. The van der Waals surface area contributed by atoms with Gasteiger partial charge in [0.15, 0.2) is 19.2 Å². The molecule has 0 unspecified atom stereocenters. The first-order valence-corrected chi connectivity index (χ1v) is 36.3. The second-order valence-corrected chi connectivity index (χ2v) is 30.9. The number of fused-ring (bicyclic) bond motifs is 13. The summed E-state index contributed by atoms with van der Waals surface area (Å²) in [5.74, 6) is 0. The third-order valence-electron chi connectivity index (χ3n) is 21.3. The molecule has 0 aliphatic heterocycles. The molecule has 0 atom stereocenters. The van der Waals surface area contributed by atoms with Crippen molar-refractivity contribution in [3.05, 3.63) is 362 Å². The van der Waals surface area contributed by atoms with Gasteiger partial charge in [-0.3, -0.25) is 0 Å². The molecule has 1 aliphatic carbocycles. The third kappa shape index (κ3) is 9.04. The Morgan fingerprint density at radius 3 is 1.20 bits per heavy atom. The van der Waals surface area contributed by atoms with Gasteiger partial charge in [0.05, 0.1) is 28.4 Å². The van der Waals surface area contributed by atoms with Crippen molar-refractivity contribution >= 4 is 139 Å². The van der Waals surface area contributed by atoms with Crippen molar-refractivity contribution in [2.24, 2.45) is 0 Å². The van der Waals surface area contributed by atoms with Crippen LogP contribution in [0.25, 0.3) is 110 Å². The highest BCUT2D eigenvalue weighted by Gasteiger charge is 2.42. The van der Waals surface area contributed by atoms with Crippen LogP contribution in [0.1, 0.15) is 30.5 Å². The molecule has 0 saturated heterocycles. The first-order chi connectivity index (χ1) is 48.8. The van der Waals surface area contributed by atoms with E-state index in [1.165, 1.54) is 59.3 Å². The van der Waals surface area contributed by atoms with Crippen LogP contribution in [0.5, 0.6) is 0 Å². The van der Waals surface area contributed by atoms with Crippen LogP contribution in [0.4, 0.5) is 34.1 Å². The van der Waals surface area contributed by atoms with E-state index >= 15 is 0 Å². The number of para-hydroxylation sites is 4. The lowest BCUT2D eigenvalue weighted by Crippen LogP contribution is -2.74. The van der Waals surface area contributed by atoms with Crippen LogP contribution in [0.15, 0.2) is 355 Å². The van der Waals surface area contributed by atoms with Gasteiger partial charge in [-0.05, 0) is 120 Å². The fourth-order valence-electron chi connectivity index (χ4n) is 16.6. The number of furan rings is 2. The van der Waals surface area contributed by atoms with Gasteiger partial charge in [-0.15, -0.1) is 0 Å². The molecule has 0 saturated carbocycles. The van der Waals surface area contributed by atoms with E-state index in [2.05, 4.69) is 376 Å². The van der Waals surface area contributed by atoms with Crippen LogP contribution in [0.2, 0.25) is 0 Å². The predicted molar refractivity (Wildman–Crippen MR) is 420 cm³/mol. The van der Waals surface area contributed by atoms with Crippen LogP contribution in [-0.4, -0.2) is 8.07 Å². The van der Waals surface area contributed by atoms with Crippen molar-refractivity contribution in [3.63, 3.8) is 0 Å². The molecule has 1 aliphatic rings. The van der Waals surface area contributed by atoms with Gasteiger partial charge >= 0.3 is 0 Å². The van der Waals surface area contributed by atoms with Gasteiger partial charge in [0.1, 0.15) is 11.2 Å². The second kappa shape index (κ2) is 23.0. The monoisotopic (exact) mass is 1280 g/mol. The maximum atomic E-state index is 7.51. The summed E-state index contributed by atoms with van der Waals surface area (Å²) in [6, 6.07) is 128. The van der Waals surface area contributed by atoms with Gasteiger partial charge in [0.2, 0.25) is 0 Å². The normalized spacial score (nSPS) is 12.7.